The number of ketones is 1. The molecule has 0 saturated carbocycles. The van der Waals surface area contributed by atoms with Gasteiger partial charge in [0.05, 0.1) is 6.04 Å². The summed E-state index contributed by atoms with van der Waals surface area (Å²) in [5.41, 5.74) is 0. The van der Waals surface area contributed by atoms with E-state index >= 15 is 0 Å². The third-order valence-corrected chi connectivity index (χ3v) is 1.76. The minimum Gasteiger partial charge on any atom is -0.481 e. The molecule has 0 aromatic carbocycles. The molecule has 1 rings (SSSR count). The summed E-state index contributed by atoms with van der Waals surface area (Å²) in [7, 11) is 0. The molecule has 1 unspecified atom stereocenters. The summed E-state index contributed by atoms with van der Waals surface area (Å²) in [5.74, 6) is -1.32. The summed E-state index contributed by atoms with van der Waals surface area (Å²) in [6, 6.07) is -0.324. The molecule has 1 fully saturated rings. The van der Waals surface area contributed by atoms with Crippen molar-refractivity contribution < 1.29 is 14.7 Å². The van der Waals surface area contributed by atoms with Crippen molar-refractivity contribution in [2.45, 2.75) is 12.5 Å². The largest absolute Gasteiger partial charge is 0.481 e. The fraction of sp³-hybridized carbons (Fsp3) is 0.714. The van der Waals surface area contributed by atoms with Crippen LogP contribution in [0.2, 0.25) is 0 Å². The van der Waals surface area contributed by atoms with Gasteiger partial charge in [0.25, 0.3) is 0 Å². The van der Waals surface area contributed by atoms with E-state index in [0.717, 1.165) is 13.1 Å². The van der Waals surface area contributed by atoms with Gasteiger partial charge in [-0.05, 0) is 0 Å². The third kappa shape index (κ3) is 2.60. The van der Waals surface area contributed by atoms with Crippen molar-refractivity contribution in [3.63, 3.8) is 0 Å². The Balaban J connectivity index is 2.34. The van der Waals surface area contributed by atoms with Crippen molar-refractivity contribution in [3.05, 3.63) is 0 Å². The van der Waals surface area contributed by atoms with Crippen LogP contribution >= 0.6 is 0 Å². The molecule has 0 bridgehead atoms. The Bertz CT molecular complexity index is 187. The Labute approximate surface area is 70.1 Å². The van der Waals surface area contributed by atoms with E-state index in [9.17, 15) is 9.59 Å². The maximum Gasteiger partial charge on any atom is 0.310 e. The molecule has 12 heavy (non-hydrogen) atoms. The lowest BCUT2D eigenvalue weighted by Gasteiger charge is -2.22. The first-order chi connectivity index (χ1) is 5.70. The zero-order chi connectivity index (χ0) is 8.97. The van der Waals surface area contributed by atoms with Crippen LogP contribution in [-0.2, 0) is 9.59 Å². The lowest BCUT2D eigenvalue weighted by Crippen LogP contribution is -2.52. The topological polar surface area (TPSA) is 78.4 Å². The number of hydrogen-bond donors (Lipinski definition) is 3. The van der Waals surface area contributed by atoms with Gasteiger partial charge in [0.15, 0.2) is 5.78 Å². The predicted molar refractivity (Wildman–Crippen MR) is 41.9 cm³/mol. The molecule has 0 aliphatic carbocycles. The molecular formula is C7H12N2O3. The van der Waals surface area contributed by atoms with Crippen LogP contribution in [0.25, 0.3) is 0 Å². The van der Waals surface area contributed by atoms with E-state index in [4.69, 9.17) is 5.11 Å². The lowest BCUT2D eigenvalue weighted by molar-refractivity contribution is -0.140. The van der Waals surface area contributed by atoms with E-state index in [2.05, 4.69) is 10.6 Å². The van der Waals surface area contributed by atoms with Gasteiger partial charge in [0.1, 0.15) is 6.42 Å². The van der Waals surface area contributed by atoms with Gasteiger partial charge in [-0.15, -0.1) is 0 Å². The summed E-state index contributed by atoms with van der Waals surface area (Å²) < 4.78 is 0. The van der Waals surface area contributed by atoms with Crippen molar-refractivity contribution in [2.75, 3.05) is 19.6 Å². The van der Waals surface area contributed by atoms with Crippen molar-refractivity contribution in [2.24, 2.45) is 0 Å². The average molecular weight is 172 g/mol. The van der Waals surface area contributed by atoms with E-state index in [0.29, 0.717) is 6.54 Å². The fourth-order valence-electron chi connectivity index (χ4n) is 1.15. The van der Waals surface area contributed by atoms with Gasteiger partial charge in [-0.3, -0.25) is 9.59 Å². The average Bonchev–Trinajstić information content (AvgIpc) is 2.05. The smallest absolute Gasteiger partial charge is 0.310 e. The van der Waals surface area contributed by atoms with Gasteiger partial charge in [0, 0.05) is 19.6 Å². The molecule has 1 aliphatic heterocycles. The number of hydrogen-bond acceptors (Lipinski definition) is 4. The summed E-state index contributed by atoms with van der Waals surface area (Å²) in [6.45, 7) is 2.08. The van der Waals surface area contributed by atoms with Crippen LogP contribution in [0.15, 0.2) is 0 Å². The first kappa shape index (κ1) is 9.15. The first-order valence-electron chi connectivity index (χ1n) is 3.89. The maximum atomic E-state index is 11.1. The predicted octanol–water partition coefficient (Wildman–Crippen LogP) is -1.41. The van der Waals surface area contributed by atoms with Crippen LogP contribution in [0.3, 0.4) is 0 Å². The van der Waals surface area contributed by atoms with Gasteiger partial charge in [-0.1, -0.05) is 0 Å². The van der Waals surface area contributed by atoms with E-state index in [1.807, 2.05) is 0 Å². The van der Waals surface area contributed by atoms with Gasteiger partial charge in [-0.25, -0.2) is 0 Å². The summed E-state index contributed by atoms with van der Waals surface area (Å²) in [5, 5.41) is 14.3. The third-order valence-electron chi connectivity index (χ3n) is 1.76. The number of carbonyl (C=O) groups excluding carboxylic acids is 1. The molecule has 5 heteroatoms. The Kier molecular flexibility index (Phi) is 3.19. The van der Waals surface area contributed by atoms with Crippen molar-refractivity contribution in [1.29, 1.82) is 0 Å². The normalized spacial score (nSPS) is 23.5. The Morgan fingerprint density at radius 3 is 2.67 bits per heavy atom. The van der Waals surface area contributed by atoms with Crippen LogP contribution in [0.5, 0.6) is 0 Å². The second-order valence-electron chi connectivity index (χ2n) is 2.75. The van der Waals surface area contributed by atoms with Crippen LogP contribution in [0.1, 0.15) is 6.42 Å². The Hall–Kier alpha value is -0.940. The quantitative estimate of drug-likeness (QED) is 0.456. The number of aliphatic carboxylic acids is 1. The molecule has 0 aromatic heterocycles. The molecule has 1 heterocycles. The van der Waals surface area contributed by atoms with E-state index < -0.39 is 5.97 Å². The molecule has 3 N–H and O–H groups in total. The molecule has 1 aliphatic rings. The minimum atomic E-state index is -1.06. The zero-order valence-electron chi connectivity index (χ0n) is 6.67. The summed E-state index contributed by atoms with van der Waals surface area (Å²) in [4.78, 5) is 21.3. The van der Waals surface area contributed by atoms with Crippen molar-refractivity contribution in [1.82, 2.24) is 10.6 Å². The first-order valence-corrected chi connectivity index (χ1v) is 3.89. The molecule has 0 spiro atoms. The van der Waals surface area contributed by atoms with Gasteiger partial charge in [0.2, 0.25) is 0 Å². The minimum absolute atomic E-state index is 0.255. The molecule has 0 amide bonds. The van der Waals surface area contributed by atoms with Crippen LogP contribution < -0.4 is 10.6 Å². The Morgan fingerprint density at radius 2 is 2.17 bits per heavy atom. The number of carboxylic acid groups (broad SMARTS) is 1. The molecular weight excluding hydrogens is 160 g/mol. The number of piperazine rings is 1. The number of nitrogens with one attached hydrogen (secondary N) is 2. The molecule has 1 atom stereocenters. The standard InChI is InChI=1S/C7H12N2O3/c10-6(3-7(11)12)5-4-8-1-2-9-5/h5,8-9H,1-4H2,(H,11,12). The van der Waals surface area contributed by atoms with E-state index in [1.165, 1.54) is 0 Å². The van der Waals surface area contributed by atoms with E-state index in [1.54, 1.807) is 0 Å². The second kappa shape index (κ2) is 4.18. The second-order valence-corrected chi connectivity index (χ2v) is 2.75. The highest BCUT2D eigenvalue weighted by molar-refractivity contribution is 5.97. The highest BCUT2D eigenvalue weighted by Crippen LogP contribution is 1.93. The highest BCUT2D eigenvalue weighted by Gasteiger charge is 2.21. The summed E-state index contributed by atoms with van der Waals surface area (Å²) >= 11 is 0. The van der Waals surface area contributed by atoms with Crippen molar-refractivity contribution >= 4 is 11.8 Å². The maximum absolute atomic E-state index is 11.1. The van der Waals surface area contributed by atoms with Crippen LogP contribution in [0.4, 0.5) is 0 Å². The molecule has 0 radical (unpaired) electrons. The fourth-order valence-corrected chi connectivity index (χ4v) is 1.15. The molecule has 68 valence electrons. The number of carboxylic acids is 1. The monoisotopic (exact) mass is 172 g/mol. The number of Topliss-reactive ketones (excluding diaryl/α,β-unsaturated/α-hetero) is 1. The van der Waals surface area contributed by atoms with Gasteiger partial charge >= 0.3 is 5.97 Å². The SMILES string of the molecule is O=C(O)CC(=O)C1CNCCN1. The van der Waals surface area contributed by atoms with Gasteiger partial charge in [-0.2, -0.15) is 0 Å². The number of carbonyl (C=O) groups is 2. The van der Waals surface area contributed by atoms with Crippen LogP contribution in [0, 0.1) is 0 Å². The Morgan fingerprint density at radius 1 is 1.42 bits per heavy atom. The molecule has 0 aromatic rings. The zero-order valence-corrected chi connectivity index (χ0v) is 6.67. The number of rotatable bonds is 3. The highest BCUT2D eigenvalue weighted by atomic mass is 16.4. The van der Waals surface area contributed by atoms with E-state index in [-0.39, 0.29) is 18.2 Å². The van der Waals surface area contributed by atoms with Crippen LogP contribution in [-0.4, -0.2) is 42.5 Å². The lowest BCUT2D eigenvalue weighted by atomic mass is 10.1. The summed E-state index contributed by atoms with van der Waals surface area (Å²) in [6.07, 6.45) is -0.390. The molecule has 1 saturated heterocycles. The molecule has 5 nitrogen and oxygen atoms in total. The van der Waals surface area contributed by atoms with Gasteiger partial charge < -0.3 is 15.7 Å². The van der Waals surface area contributed by atoms with Crippen molar-refractivity contribution in [3.8, 4) is 0 Å².